The SMILES string of the molecule is COc1cc(C(=O)N(C)[C@H]2CC[C@@H]3CC4=CC[C@]5(C)[C@@H]([C@H](C)N(C)C)CC[C@@]5(C)[C@@H]4CC[C@H]3[C@@]2(C)CO)ccc1O. The Labute approximate surface area is 248 Å². The molecule has 3 fully saturated rings. The molecule has 5 rings (SSSR count). The van der Waals surface area contributed by atoms with Gasteiger partial charge in [-0.3, -0.25) is 4.79 Å². The first-order valence-electron chi connectivity index (χ1n) is 15.9. The second-order valence-electron chi connectivity index (χ2n) is 14.9. The molecule has 0 bridgehead atoms. The van der Waals surface area contributed by atoms with Crippen molar-refractivity contribution in [1.29, 1.82) is 0 Å². The zero-order valence-corrected chi connectivity index (χ0v) is 26.7. The van der Waals surface area contributed by atoms with Crippen LogP contribution in [0.25, 0.3) is 0 Å². The fourth-order valence-electron chi connectivity index (χ4n) is 10.4. The highest BCUT2D eigenvalue weighted by Crippen LogP contribution is 2.69. The van der Waals surface area contributed by atoms with E-state index < -0.39 is 0 Å². The Morgan fingerprint density at radius 1 is 1.07 bits per heavy atom. The van der Waals surface area contributed by atoms with E-state index >= 15 is 0 Å². The first kappa shape index (κ1) is 30.4. The third-order valence-corrected chi connectivity index (χ3v) is 13.3. The number of aliphatic hydroxyl groups is 1. The van der Waals surface area contributed by atoms with Crippen LogP contribution in [0, 0.1) is 39.9 Å². The molecular formula is C35H54N2O4. The number of methoxy groups -OCH3 is 1. The summed E-state index contributed by atoms with van der Waals surface area (Å²) in [5.74, 6) is 2.46. The molecule has 0 unspecified atom stereocenters. The van der Waals surface area contributed by atoms with Crippen molar-refractivity contribution in [2.24, 2.45) is 39.9 Å². The van der Waals surface area contributed by atoms with Crippen LogP contribution in [0.4, 0.5) is 0 Å². The number of benzene rings is 1. The van der Waals surface area contributed by atoms with Crippen molar-refractivity contribution in [3.05, 3.63) is 35.4 Å². The Hall–Kier alpha value is -2.05. The van der Waals surface area contributed by atoms with Crippen LogP contribution in [-0.4, -0.2) is 72.9 Å². The first-order valence-corrected chi connectivity index (χ1v) is 15.9. The third kappa shape index (κ3) is 4.63. The van der Waals surface area contributed by atoms with E-state index in [1.54, 1.807) is 17.7 Å². The second kappa shape index (κ2) is 10.9. The van der Waals surface area contributed by atoms with Gasteiger partial charge in [0.25, 0.3) is 5.91 Å². The molecule has 41 heavy (non-hydrogen) atoms. The largest absolute Gasteiger partial charge is 0.504 e. The van der Waals surface area contributed by atoms with Crippen LogP contribution in [-0.2, 0) is 0 Å². The summed E-state index contributed by atoms with van der Waals surface area (Å²) in [5.41, 5.74) is 2.43. The quantitative estimate of drug-likeness (QED) is 0.392. The number of fused-ring (bicyclic) bond motifs is 4. The number of carbonyl (C=O) groups excluding carboxylic acids is 1. The summed E-state index contributed by atoms with van der Waals surface area (Å²) in [7, 11) is 7.84. The van der Waals surface area contributed by atoms with Gasteiger partial charge in [0.15, 0.2) is 11.5 Å². The van der Waals surface area contributed by atoms with E-state index in [4.69, 9.17) is 4.74 Å². The third-order valence-electron chi connectivity index (χ3n) is 13.3. The summed E-state index contributed by atoms with van der Waals surface area (Å²) in [5, 5.41) is 21.0. The summed E-state index contributed by atoms with van der Waals surface area (Å²) in [4.78, 5) is 18.0. The number of phenolic OH excluding ortho intramolecular Hbond substituents is 1. The van der Waals surface area contributed by atoms with Gasteiger partial charge in [0.2, 0.25) is 0 Å². The maximum absolute atomic E-state index is 13.7. The zero-order chi connectivity index (χ0) is 29.9. The predicted octanol–water partition coefficient (Wildman–Crippen LogP) is 6.37. The molecular weight excluding hydrogens is 512 g/mol. The Bertz CT molecular complexity index is 1180. The Morgan fingerprint density at radius 3 is 2.46 bits per heavy atom. The van der Waals surface area contributed by atoms with Gasteiger partial charge in [-0.2, -0.15) is 0 Å². The Morgan fingerprint density at radius 2 is 1.80 bits per heavy atom. The first-order chi connectivity index (χ1) is 19.3. The number of phenols is 1. The van der Waals surface area contributed by atoms with Crippen LogP contribution in [0.2, 0.25) is 0 Å². The van der Waals surface area contributed by atoms with Gasteiger partial charge in [0.05, 0.1) is 13.7 Å². The molecule has 0 saturated heterocycles. The van der Waals surface area contributed by atoms with Gasteiger partial charge in [0.1, 0.15) is 0 Å². The molecule has 1 aromatic rings. The zero-order valence-electron chi connectivity index (χ0n) is 26.7. The molecule has 2 N–H and O–H groups in total. The van der Waals surface area contributed by atoms with Crippen molar-refractivity contribution in [1.82, 2.24) is 9.80 Å². The van der Waals surface area contributed by atoms with E-state index in [1.807, 2.05) is 11.9 Å². The van der Waals surface area contributed by atoms with Crippen molar-refractivity contribution >= 4 is 5.91 Å². The molecule has 0 radical (unpaired) electrons. The van der Waals surface area contributed by atoms with Gasteiger partial charge in [-0.1, -0.05) is 32.4 Å². The molecule has 1 aromatic carbocycles. The minimum Gasteiger partial charge on any atom is -0.504 e. The van der Waals surface area contributed by atoms with Crippen LogP contribution in [0.15, 0.2) is 29.8 Å². The Balaban J connectivity index is 1.40. The predicted molar refractivity (Wildman–Crippen MR) is 164 cm³/mol. The fourth-order valence-corrected chi connectivity index (χ4v) is 10.4. The van der Waals surface area contributed by atoms with E-state index in [2.05, 4.69) is 52.8 Å². The molecule has 0 aromatic heterocycles. The van der Waals surface area contributed by atoms with E-state index in [9.17, 15) is 15.0 Å². The maximum Gasteiger partial charge on any atom is 0.254 e. The molecule has 6 nitrogen and oxygen atoms in total. The van der Waals surface area contributed by atoms with Crippen LogP contribution in [0.3, 0.4) is 0 Å². The monoisotopic (exact) mass is 566 g/mol. The van der Waals surface area contributed by atoms with Crippen molar-refractivity contribution in [2.75, 3.05) is 34.9 Å². The number of hydrogen-bond acceptors (Lipinski definition) is 5. The van der Waals surface area contributed by atoms with Crippen molar-refractivity contribution in [3.63, 3.8) is 0 Å². The van der Waals surface area contributed by atoms with Gasteiger partial charge < -0.3 is 24.7 Å². The average Bonchev–Trinajstić information content (AvgIpc) is 3.09. The number of amides is 1. The highest BCUT2D eigenvalue weighted by Gasteiger charge is 2.62. The van der Waals surface area contributed by atoms with Gasteiger partial charge in [-0.05, 0) is 125 Å². The molecule has 3 saturated carbocycles. The fraction of sp³-hybridized carbons (Fsp3) is 0.743. The molecule has 0 heterocycles. The lowest BCUT2D eigenvalue weighted by Gasteiger charge is -2.54. The molecule has 1 amide bonds. The van der Waals surface area contributed by atoms with E-state index in [0.29, 0.717) is 51.9 Å². The highest BCUT2D eigenvalue weighted by molar-refractivity contribution is 5.95. The smallest absolute Gasteiger partial charge is 0.254 e. The molecule has 0 aliphatic heterocycles. The summed E-state index contributed by atoms with van der Waals surface area (Å²) in [6, 6.07) is 5.32. The average molecular weight is 567 g/mol. The number of rotatable bonds is 6. The minimum atomic E-state index is -0.371. The van der Waals surface area contributed by atoms with Crippen LogP contribution >= 0.6 is 0 Å². The summed E-state index contributed by atoms with van der Waals surface area (Å²) >= 11 is 0. The summed E-state index contributed by atoms with van der Waals surface area (Å²) in [6.45, 7) is 9.92. The normalized spacial score (nSPS) is 39.2. The van der Waals surface area contributed by atoms with Crippen molar-refractivity contribution in [3.8, 4) is 11.5 Å². The van der Waals surface area contributed by atoms with Crippen molar-refractivity contribution < 1.29 is 19.7 Å². The highest BCUT2D eigenvalue weighted by atomic mass is 16.5. The molecule has 4 aliphatic rings. The topological polar surface area (TPSA) is 73.2 Å². The number of aromatic hydroxyl groups is 1. The van der Waals surface area contributed by atoms with Crippen LogP contribution in [0.5, 0.6) is 11.5 Å². The van der Waals surface area contributed by atoms with Crippen LogP contribution in [0.1, 0.15) is 89.4 Å². The minimum absolute atomic E-state index is 0.0242. The molecule has 6 heteroatoms. The molecule has 9 atom stereocenters. The lowest BCUT2D eigenvalue weighted by atomic mass is 9.51. The van der Waals surface area contributed by atoms with Gasteiger partial charge in [-0.25, -0.2) is 0 Å². The van der Waals surface area contributed by atoms with E-state index in [-0.39, 0.29) is 29.7 Å². The number of allylic oxidation sites excluding steroid dienone is 2. The molecule has 4 aliphatic carbocycles. The number of aliphatic hydroxyl groups excluding tert-OH is 1. The van der Waals surface area contributed by atoms with Gasteiger partial charge >= 0.3 is 0 Å². The number of ether oxygens (including phenoxy) is 1. The lowest BCUT2D eigenvalue weighted by Crippen LogP contribution is -2.56. The van der Waals surface area contributed by atoms with Crippen molar-refractivity contribution in [2.45, 2.75) is 91.1 Å². The van der Waals surface area contributed by atoms with E-state index in [1.165, 1.54) is 38.9 Å². The van der Waals surface area contributed by atoms with E-state index in [0.717, 1.165) is 25.7 Å². The second-order valence-corrected chi connectivity index (χ2v) is 14.9. The van der Waals surface area contributed by atoms with Gasteiger partial charge in [0, 0.05) is 30.1 Å². The Kier molecular flexibility index (Phi) is 8.08. The molecule has 0 spiro atoms. The molecule has 228 valence electrons. The summed E-state index contributed by atoms with van der Waals surface area (Å²) in [6.07, 6.45) is 11.8. The van der Waals surface area contributed by atoms with Crippen LogP contribution < -0.4 is 4.74 Å². The standard InChI is InChI=1S/C35H54N2O4/c1-22(36(5)6)26-16-18-35(4)28-12-11-27-23(19-24(28)15-17-34(26,35)3)10-14-31(33(27,2)21-38)37(7)32(40)25-9-13-29(39)30(20-25)41-8/h9,13,15,20,22-23,26-28,31,38-39H,10-12,14,16-19,21H2,1-8H3/t22-,23+,26+,27+,28+,31-,33+,34+,35-/m0/s1. The maximum atomic E-state index is 13.7. The summed E-state index contributed by atoms with van der Waals surface area (Å²) < 4.78 is 5.26. The lowest BCUT2D eigenvalue weighted by molar-refractivity contribution is -0.0596. The van der Waals surface area contributed by atoms with Gasteiger partial charge in [-0.15, -0.1) is 0 Å². The number of nitrogens with zero attached hydrogens (tertiary/aromatic N) is 2. The number of hydrogen-bond donors (Lipinski definition) is 2. The number of carbonyl (C=O) groups is 1.